The number of aromatic hydroxyl groups is 2. The van der Waals surface area contributed by atoms with Gasteiger partial charge in [0.1, 0.15) is 5.75 Å². The van der Waals surface area contributed by atoms with Crippen molar-refractivity contribution in [1.82, 2.24) is 10.6 Å². The van der Waals surface area contributed by atoms with Gasteiger partial charge in [-0.05, 0) is 44.2 Å². The predicted octanol–water partition coefficient (Wildman–Crippen LogP) is 1.84. The maximum absolute atomic E-state index is 12.2. The van der Waals surface area contributed by atoms with Gasteiger partial charge < -0.3 is 25.6 Å². The first kappa shape index (κ1) is 20.3. The van der Waals surface area contributed by atoms with Crippen LogP contribution in [0.25, 0.3) is 0 Å². The second-order valence-electron chi connectivity index (χ2n) is 6.74. The minimum absolute atomic E-state index is 0.0214. The number of phenolic OH excluding ortho intramolecular Hbond substituents is 2. The average molecular weight is 372 g/mol. The largest absolute Gasteiger partial charge is 0.504 e. The third kappa shape index (κ3) is 6.63. The maximum Gasteiger partial charge on any atom is 0.258 e. The molecule has 0 heterocycles. The third-order valence-corrected chi connectivity index (χ3v) is 3.87. The van der Waals surface area contributed by atoms with Crippen LogP contribution in [0, 0.1) is 0 Å². The highest BCUT2D eigenvalue weighted by atomic mass is 16.5. The number of ether oxygens (including phenoxy) is 1. The molecule has 0 aliphatic heterocycles. The Labute approximate surface area is 158 Å². The van der Waals surface area contributed by atoms with Crippen LogP contribution < -0.4 is 15.4 Å². The summed E-state index contributed by atoms with van der Waals surface area (Å²) in [5.74, 6) is -0.500. The van der Waals surface area contributed by atoms with Crippen LogP contribution >= 0.6 is 0 Å². The van der Waals surface area contributed by atoms with E-state index in [1.807, 2.05) is 32.0 Å². The van der Waals surface area contributed by atoms with Gasteiger partial charge in [0.25, 0.3) is 5.91 Å². The number of Topliss-reactive ketones (excluding diaryl/α,β-unsaturated/α-hetero) is 1. The van der Waals surface area contributed by atoms with Gasteiger partial charge in [-0.2, -0.15) is 0 Å². The second kappa shape index (κ2) is 9.05. The van der Waals surface area contributed by atoms with Crippen molar-refractivity contribution in [1.29, 1.82) is 0 Å². The molecule has 0 atom stereocenters. The lowest BCUT2D eigenvalue weighted by atomic mass is 10.0. The van der Waals surface area contributed by atoms with Crippen molar-refractivity contribution < 1.29 is 24.5 Å². The van der Waals surface area contributed by atoms with Crippen molar-refractivity contribution >= 4 is 11.7 Å². The van der Waals surface area contributed by atoms with E-state index < -0.39 is 5.54 Å². The molecule has 2 aromatic rings. The standard InChI is InChI=1S/C20H24N2O5/c1-20(2,13-21-19(26)12-27-15-6-4-3-5-7-15)22-11-18(25)14-8-9-16(23)17(24)10-14/h3-10,22-24H,11-13H2,1-2H3,(H,21,26). The average Bonchev–Trinajstić information content (AvgIpc) is 2.66. The lowest BCUT2D eigenvalue weighted by Gasteiger charge is -2.26. The fraction of sp³-hybridized carbons (Fsp3) is 0.300. The Balaban J connectivity index is 1.76. The van der Waals surface area contributed by atoms with E-state index in [1.165, 1.54) is 18.2 Å². The fourth-order valence-corrected chi connectivity index (χ4v) is 2.22. The summed E-state index contributed by atoms with van der Waals surface area (Å²) in [7, 11) is 0. The Morgan fingerprint density at radius 1 is 1.04 bits per heavy atom. The van der Waals surface area contributed by atoms with E-state index in [-0.39, 0.29) is 41.9 Å². The summed E-state index contributed by atoms with van der Waals surface area (Å²) >= 11 is 0. The van der Waals surface area contributed by atoms with Gasteiger partial charge in [0.2, 0.25) is 0 Å². The zero-order valence-electron chi connectivity index (χ0n) is 15.4. The smallest absolute Gasteiger partial charge is 0.258 e. The molecular weight excluding hydrogens is 348 g/mol. The minimum atomic E-state index is -0.531. The van der Waals surface area contributed by atoms with E-state index in [4.69, 9.17) is 4.74 Å². The Bertz CT molecular complexity index is 790. The number of hydrogen-bond donors (Lipinski definition) is 4. The van der Waals surface area contributed by atoms with E-state index in [2.05, 4.69) is 10.6 Å². The summed E-state index contributed by atoms with van der Waals surface area (Å²) in [6.07, 6.45) is 0. The lowest BCUT2D eigenvalue weighted by Crippen LogP contribution is -2.51. The number of amides is 1. The van der Waals surface area contributed by atoms with Gasteiger partial charge in [-0.3, -0.25) is 9.59 Å². The molecule has 0 spiro atoms. The molecule has 1 amide bonds. The monoisotopic (exact) mass is 372 g/mol. The molecule has 0 fully saturated rings. The summed E-state index contributed by atoms with van der Waals surface area (Å²) < 4.78 is 5.38. The van der Waals surface area contributed by atoms with Gasteiger partial charge in [0.15, 0.2) is 23.9 Å². The van der Waals surface area contributed by atoms with Crippen molar-refractivity contribution in [2.45, 2.75) is 19.4 Å². The molecule has 27 heavy (non-hydrogen) atoms. The molecule has 4 N–H and O–H groups in total. The van der Waals surface area contributed by atoms with Crippen molar-refractivity contribution in [2.24, 2.45) is 0 Å². The molecule has 0 radical (unpaired) electrons. The van der Waals surface area contributed by atoms with Crippen LogP contribution in [0.1, 0.15) is 24.2 Å². The highest BCUT2D eigenvalue weighted by molar-refractivity contribution is 5.98. The van der Waals surface area contributed by atoms with Crippen molar-refractivity contribution in [3.63, 3.8) is 0 Å². The molecule has 144 valence electrons. The molecule has 0 unspecified atom stereocenters. The van der Waals surface area contributed by atoms with E-state index in [0.717, 1.165) is 0 Å². The quantitative estimate of drug-likeness (QED) is 0.395. The first-order valence-corrected chi connectivity index (χ1v) is 8.51. The Morgan fingerprint density at radius 3 is 2.41 bits per heavy atom. The summed E-state index contributed by atoms with van der Waals surface area (Å²) in [4.78, 5) is 24.1. The molecule has 0 aliphatic rings. The van der Waals surface area contributed by atoms with Gasteiger partial charge in [-0.1, -0.05) is 18.2 Å². The summed E-state index contributed by atoms with van der Waals surface area (Å²) in [6, 6.07) is 13.0. The van der Waals surface area contributed by atoms with Gasteiger partial charge in [0, 0.05) is 17.6 Å². The van der Waals surface area contributed by atoms with Crippen molar-refractivity contribution in [3.8, 4) is 17.2 Å². The molecule has 2 rings (SSSR count). The van der Waals surface area contributed by atoms with Crippen LogP contribution in [0.3, 0.4) is 0 Å². The van der Waals surface area contributed by atoms with Crippen LogP contribution in [-0.4, -0.2) is 47.1 Å². The molecule has 0 aromatic heterocycles. The maximum atomic E-state index is 12.2. The predicted molar refractivity (Wildman–Crippen MR) is 101 cm³/mol. The number of phenols is 2. The number of benzene rings is 2. The molecule has 0 saturated carbocycles. The third-order valence-electron chi connectivity index (χ3n) is 3.87. The second-order valence-corrected chi connectivity index (χ2v) is 6.74. The first-order chi connectivity index (χ1) is 12.8. The van der Waals surface area contributed by atoms with Crippen molar-refractivity contribution in [3.05, 3.63) is 54.1 Å². The number of nitrogens with one attached hydrogen (secondary N) is 2. The van der Waals surface area contributed by atoms with Gasteiger partial charge in [0.05, 0.1) is 6.54 Å². The highest BCUT2D eigenvalue weighted by Gasteiger charge is 2.20. The molecule has 0 bridgehead atoms. The summed E-state index contributed by atoms with van der Waals surface area (Å²) in [5.41, 5.74) is -0.245. The highest BCUT2D eigenvalue weighted by Crippen LogP contribution is 2.24. The topological polar surface area (TPSA) is 108 Å². The number of ketones is 1. The molecule has 7 nitrogen and oxygen atoms in total. The van der Waals surface area contributed by atoms with E-state index >= 15 is 0 Å². The van der Waals surface area contributed by atoms with Crippen LogP contribution in [-0.2, 0) is 4.79 Å². The zero-order chi connectivity index (χ0) is 19.9. The SMILES string of the molecule is CC(C)(CNC(=O)COc1ccccc1)NCC(=O)c1ccc(O)c(O)c1. The van der Waals surface area contributed by atoms with E-state index in [1.54, 1.807) is 12.1 Å². The van der Waals surface area contributed by atoms with Gasteiger partial charge >= 0.3 is 0 Å². The van der Waals surface area contributed by atoms with Crippen LogP contribution in [0.2, 0.25) is 0 Å². The van der Waals surface area contributed by atoms with Crippen LogP contribution in [0.5, 0.6) is 17.2 Å². The Kier molecular flexibility index (Phi) is 6.79. The fourth-order valence-electron chi connectivity index (χ4n) is 2.22. The first-order valence-electron chi connectivity index (χ1n) is 8.51. The van der Waals surface area contributed by atoms with Gasteiger partial charge in [-0.15, -0.1) is 0 Å². The Morgan fingerprint density at radius 2 is 1.74 bits per heavy atom. The van der Waals surface area contributed by atoms with E-state index in [9.17, 15) is 19.8 Å². The van der Waals surface area contributed by atoms with Crippen molar-refractivity contribution in [2.75, 3.05) is 19.7 Å². The normalized spacial score (nSPS) is 11.0. The molecule has 2 aromatic carbocycles. The number of carbonyl (C=O) groups is 2. The molecule has 7 heteroatoms. The lowest BCUT2D eigenvalue weighted by molar-refractivity contribution is -0.123. The summed E-state index contributed by atoms with van der Waals surface area (Å²) in [5, 5.41) is 24.6. The number of para-hydroxylation sites is 1. The molecular formula is C20H24N2O5. The zero-order valence-corrected chi connectivity index (χ0v) is 15.4. The van der Waals surface area contributed by atoms with Crippen LogP contribution in [0.15, 0.2) is 48.5 Å². The number of carbonyl (C=O) groups excluding carboxylic acids is 2. The van der Waals surface area contributed by atoms with Gasteiger partial charge in [-0.25, -0.2) is 0 Å². The Hall–Kier alpha value is -3.06. The minimum Gasteiger partial charge on any atom is -0.504 e. The summed E-state index contributed by atoms with van der Waals surface area (Å²) in [6.45, 7) is 3.94. The number of hydrogen-bond acceptors (Lipinski definition) is 6. The molecule has 0 aliphatic carbocycles. The molecule has 0 saturated heterocycles. The van der Waals surface area contributed by atoms with E-state index in [0.29, 0.717) is 12.3 Å². The number of rotatable bonds is 9. The van der Waals surface area contributed by atoms with Crippen LogP contribution in [0.4, 0.5) is 0 Å².